The van der Waals surface area contributed by atoms with Crippen LogP contribution in [0.1, 0.15) is 30.0 Å². The van der Waals surface area contributed by atoms with Crippen molar-refractivity contribution in [1.82, 2.24) is 25.5 Å². The Kier molecular flexibility index (Phi) is 7.39. The van der Waals surface area contributed by atoms with Gasteiger partial charge < -0.3 is 15.4 Å². The van der Waals surface area contributed by atoms with Crippen LogP contribution in [0.5, 0.6) is 0 Å². The van der Waals surface area contributed by atoms with Crippen molar-refractivity contribution >= 4 is 17.3 Å². The largest absolute Gasteiger partial charge is 0.379 e. The molecule has 4 N–H and O–H groups in total. The fourth-order valence-corrected chi connectivity index (χ4v) is 4.55. The van der Waals surface area contributed by atoms with Crippen LogP contribution in [0.25, 0.3) is 5.69 Å². The lowest BCUT2D eigenvalue weighted by atomic mass is 10.0. The van der Waals surface area contributed by atoms with Crippen molar-refractivity contribution < 1.29 is 9.53 Å². The standard InChI is InChI=1S/C26H33N7O2/c1-19-17-21(28-26(34)9-12-32-13-15-35-16-14-32)5-8-23(19)29-25-18-24(30-31-25)20-3-6-22(7-4-20)33-11-2-10-27-33/h2-8,10-11,17,24-25,29-31H,9,12-16,18H2,1H3,(H,28,34). The monoisotopic (exact) mass is 475 g/mol. The van der Waals surface area contributed by atoms with Crippen LogP contribution in [-0.2, 0) is 9.53 Å². The molecule has 5 rings (SSSR count). The molecule has 2 aromatic carbocycles. The van der Waals surface area contributed by atoms with Gasteiger partial charge >= 0.3 is 0 Å². The molecule has 9 nitrogen and oxygen atoms in total. The number of morpholine rings is 1. The van der Waals surface area contributed by atoms with Gasteiger partial charge in [-0.3, -0.25) is 9.69 Å². The second-order valence-electron chi connectivity index (χ2n) is 9.10. The predicted molar refractivity (Wildman–Crippen MR) is 136 cm³/mol. The van der Waals surface area contributed by atoms with Gasteiger partial charge in [0, 0.05) is 62.3 Å². The van der Waals surface area contributed by atoms with Crippen LogP contribution in [0.15, 0.2) is 60.9 Å². The first-order valence-electron chi connectivity index (χ1n) is 12.2. The Morgan fingerprint density at radius 2 is 1.97 bits per heavy atom. The number of ether oxygens (including phenoxy) is 1. The number of amides is 1. The van der Waals surface area contributed by atoms with Crippen LogP contribution in [0.2, 0.25) is 0 Å². The van der Waals surface area contributed by atoms with Gasteiger partial charge in [-0.05, 0) is 54.4 Å². The zero-order valence-electron chi connectivity index (χ0n) is 20.0. The molecule has 1 aromatic heterocycles. The fourth-order valence-electron chi connectivity index (χ4n) is 4.55. The van der Waals surface area contributed by atoms with Gasteiger partial charge in [0.25, 0.3) is 0 Å². The molecule has 9 heteroatoms. The molecule has 0 bridgehead atoms. The zero-order chi connectivity index (χ0) is 24.0. The van der Waals surface area contributed by atoms with E-state index in [1.165, 1.54) is 5.56 Å². The van der Waals surface area contributed by atoms with Gasteiger partial charge in [-0.25, -0.2) is 15.5 Å². The molecular formula is C26H33N7O2. The van der Waals surface area contributed by atoms with E-state index in [1.54, 1.807) is 6.20 Å². The van der Waals surface area contributed by atoms with Crippen molar-refractivity contribution in [3.63, 3.8) is 0 Å². The van der Waals surface area contributed by atoms with Crippen LogP contribution in [0.4, 0.5) is 11.4 Å². The summed E-state index contributed by atoms with van der Waals surface area (Å²) in [5, 5.41) is 10.9. The molecule has 2 saturated heterocycles. The number of rotatable bonds is 8. The Bertz CT molecular complexity index is 1110. The number of carbonyl (C=O) groups excluding carboxylic acids is 1. The third kappa shape index (κ3) is 6.07. The van der Waals surface area contributed by atoms with Gasteiger partial charge in [-0.15, -0.1) is 0 Å². The van der Waals surface area contributed by atoms with Crippen LogP contribution in [-0.4, -0.2) is 59.6 Å². The highest BCUT2D eigenvalue weighted by Crippen LogP contribution is 2.26. The lowest BCUT2D eigenvalue weighted by Crippen LogP contribution is -2.38. The lowest BCUT2D eigenvalue weighted by molar-refractivity contribution is -0.116. The van der Waals surface area contributed by atoms with Crippen LogP contribution in [0, 0.1) is 6.92 Å². The molecule has 35 heavy (non-hydrogen) atoms. The first-order chi connectivity index (χ1) is 17.1. The maximum atomic E-state index is 12.4. The highest BCUT2D eigenvalue weighted by Gasteiger charge is 2.25. The first-order valence-corrected chi connectivity index (χ1v) is 12.2. The summed E-state index contributed by atoms with van der Waals surface area (Å²) >= 11 is 0. The van der Waals surface area contributed by atoms with E-state index in [9.17, 15) is 4.79 Å². The zero-order valence-corrected chi connectivity index (χ0v) is 20.0. The fraction of sp³-hybridized carbons (Fsp3) is 0.385. The van der Waals surface area contributed by atoms with Crippen LogP contribution < -0.4 is 21.5 Å². The summed E-state index contributed by atoms with van der Waals surface area (Å²) in [5.74, 6) is 0.0414. The van der Waals surface area contributed by atoms with Gasteiger partial charge in [-0.1, -0.05) is 12.1 Å². The van der Waals surface area contributed by atoms with E-state index in [4.69, 9.17) is 4.74 Å². The topological polar surface area (TPSA) is 95.5 Å². The van der Waals surface area contributed by atoms with E-state index >= 15 is 0 Å². The number of hydrazine groups is 1. The maximum absolute atomic E-state index is 12.4. The van der Waals surface area contributed by atoms with E-state index in [2.05, 4.69) is 62.7 Å². The summed E-state index contributed by atoms with van der Waals surface area (Å²) < 4.78 is 7.21. The molecule has 0 saturated carbocycles. The van der Waals surface area contributed by atoms with Crippen molar-refractivity contribution in [2.75, 3.05) is 43.5 Å². The molecule has 2 unspecified atom stereocenters. The van der Waals surface area contributed by atoms with Crippen LogP contribution >= 0.6 is 0 Å². The van der Waals surface area contributed by atoms with Gasteiger partial charge in [0.15, 0.2) is 0 Å². The van der Waals surface area contributed by atoms with Gasteiger partial charge in [0.05, 0.1) is 25.1 Å². The molecule has 0 radical (unpaired) electrons. The Balaban J connectivity index is 1.11. The number of anilines is 2. The lowest BCUT2D eigenvalue weighted by Gasteiger charge is -2.26. The van der Waals surface area contributed by atoms with E-state index in [0.29, 0.717) is 6.42 Å². The molecule has 3 heterocycles. The van der Waals surface area contributed by atoms with E-state index in [-0.39, 0.29) is 18.1 Å². The molecule has 3 aromatic rings. The highest BCUT2D eigenvalue weighted by atomic mass is 16.5. The third-order valence-electron chi connectivity index (χ3n) is 6.57. The van der Waals surface area contributed by atoms with Crippen molar-refractivity contribution in [2.24, 2.45) is 0 Å². The molecule has 2 atom stereocenters. The maximum Gasteiger partial charge on any atom is 0.225 e. The quantitative estimate of drug-likeness (QED) is 0.398. The van der Waals surface area contributed by atoms with Crippen molar-refractivity contribution in [1.29, 1.82) is 0 Å². The Hall–Kier alpha value is -3.24. The number of aromatic nitrogens is 2. The SMILES string of the molecule is Cc1cc(NC(=O)CCN2CCOCC2)ccc1NC1CC(c2ccc(-n3cccn3)cc2)NN1. The van der Waals surface area contributed by atoms with E-state index in [0.717, 1.165) is 61.9 Å². The molecule has 2 aliphatic heterocycles. The smallest absolute Gasteiger partial charge is 0.225 e. The third-order valence-corrected chi connectivity index (χ3v) is 6.57. The van der Waals surface area contributed by atoms with Crippen molar-refractivity contribution in [2.45, 2.75) is 32.0 Å². The minimum absolute atomic E-state index is 0.0414. The minimum Gasteiger partial charge on any atom is -0.379 e. The predicted octanol–water partition coefficient (Wildman–Crippen LogP) is 2.82. The molecule has 2 aliphatic rings. The molecule has 0 spiro atoms. The molecular weight excluding hydrogens is 442 g/mol. The number of aryl methyl sites for hydroxylation is 1. The highest BCUT2D eigenvalue weighted by molar-refractivity contribution is 5.91. The summed E-state index contributed by atoms with van der Waals surface area (Å²) in [6, 6.07) is 16.6. The number of carbonyl (C=O) groups is 1. The number of nitrogens with one attached hydrogen (secondary N) is 4. The summed E-state index contributed by atoms with van der Waals surface area (Å²) in [7, 11) is 0. The average Bonchev–Trinajstić information content (AvgIpc) is 3.58. The molecule has 2 fully saturated rings. The Morgan fingerprint density at radius 3 is 2.71 bits per heavy atom. The Labute approximate surface area is 205 Å². The van der Waals surface area contributed by atoms with E-state index < -0.39 is 0 Å². The number of nitrogens with zero attached hydrogens (tertiary/aromatic N) is 3. The van der Waals surface area contributed by atoms with Crippen molar-refractivity contribution in [3.05, 3.63) is 72.1 Å². The molecule has 184 valence electrons. The number of benzene rings is 2. The Morgan fingerprint density at radius 1 is 1.14 bits per heavy atom. The van der Waals surface area contributed by atoms with Gasteiger partial charge in [-0.2, -0.15) is 5.10 Å². The second kappa shape index (κ2) is 11.0. The summed E-state index contributed by atoms with van der Waals surface area (Å²) in [6.45, 7) is 6.11. The molecule has 1 amide bonds. The average molecular weight is 476 g/mol. The second-order valence-corrected chi connectivity index (χ2v) is 9.10. The number of hydrogen-bond donors (Lipinski definition) is 4. The van der Waals surface area contributed by atoms with Crippen LogP contribution in [0.3, 0.4) is 0 Å². The first kappa shape index (κ1) is 23.5. The summed E-state index contributed by atoms with van der Waals surface area (Å²) in [6.07, 6.45) is 5.21. The molecule has 0 aliphatic carbocycles. The minimum atomic E-state index is 0.0414. The van der Waals surface area contributed by atoms with Gasteiger partial charge in [0.2, 0.25) is 5.91 Å². The summed E-state index contributed by atoms with van der Waals surface area (Å²) in [4.78, 5) is 14.6. The van der Waals surface area contributed by atoms with E-state index in [1.807, 2.05) is 35.1 Å². The number of hydrogen-bond acceptors (Lipinski definition) is 7. The van der Waals surface area contributed by atoms with Gasteiger partial charge in [0.1, 0.15) is 0 Å². The normalized spacial score (nSPS) is 20.6. The summed E-state index contributed by atoms with van der Waals surface area (Å²) in [5.41, 5.74) is 12.0. The van der Waals surface area contributed by atoms with Crippen molar-refractivity contribution in [3.8, 4) is 5.69 Å².